The molecule has 0 spiro atoms. The van der Waals surface area contributed by atoms with E-state index in [9.17, 15) is 4.79 Å². The van der Waals surface area contributed by atoms with E-state index in [1.807, 2.05) is 152 Å². The summed E-state index contributed by atoms with van der Waals surface area (Å²) in [6.07, 6.45) is 0.109. The van der Waals surface area contributed by atoms with Gasteiger partial charge in [0, 0.05) is 24.2 Å². The molecule has 39 heavy (non-hydrogen) atoms. The van der Waals surface area contributed by atoms with Gasteiger partial charge < -0.3 is 5.32 Å². The summed E-state index contributed by atoms with van der Waals surface area (Å²) in [6.45, 7) is 0.415. The molecule has 0 fully saturated rings. The van der Waals surface area contributed by atoms with Crippen LogP contribution in [0.25, 0.3) is 0 Å². The van der Waals surface area contributed by atoms with Crippen LogP contribution in [-0.4, -0.2) is 12.1 Å². The monoisotopic (exact) mass is 548 g/mol. The summed E-state index contributed by atoms with van der Waals surface area (Å²) in [5, 5.41) is 6.23. The quantitative estimate of drug-likeness (QED) is 0.227. The third-order valence-corrected chi connectivity index (χ3v) is 13.8. The van der Waals surface area contributed by atoms with Crippen molar-refractivity contribution in [3.63, 3.8) is 0 Å². The number of carbonyl (C=O) groups excluding carboxylic acids is 1. The molecule has 0 bridgehead atoms. The van der Waals surface area contributed by atoms with Crippen molar-refractivity contribution < 1.29 is 9.36 Å². The molecule has 0 radical (unpaired) electrons. The molecular weight excluding hydrogens is 518 g/mol. The van der Waals surface area contributed by atoms with E-state index in [4.69, 9.17) is 4.52 Å². The van der Waals surface area contributed by atoms with Crippen LogP contribution in [0.15, 0.2) is 156 Å². The second-order valence-electron chi connectivity index (χ2n) is 9.20. The first-order chi connectivity index (χ1) is 19.1. The first-order valence-electron chi connectivity index (χ1n) is 12.9. The highest BCUT2D eigenvalue weighted by molar-refractivity contribution is 7.90. The molecule has 0 aliphatic carbocycles. The Hall–Kier alpha value is -3.97. The average Bonchev–Trinajstić information content (AvgIpc) is 3.02. The van der Waals surface area contributed by atoms with Crippen LogP contribution < -0.4 is 26.5 Å². The molecule has 1 amide bonds. The Morgan fingerprint density at radius 1 is 0.538 bits per heavy atom. The number of nitrogens with zero attached hydrogens (tertiary/aromatic N) is 1. The van der Waals surface area contributed by atoms with Crippen molar-refractivity contribution in [2.24, 2.45) is 4.52 Å². The first kappa shape index (κ1) is 26.6. The van der Waals surface area contributed by atoms with Crippen molar-refractivity contribution in [2.45, 2.75) is 6.54 Å². The summed E-state index contributed by atoms with van der Waals surface area (Å²) in [5.41, 5.74) is 1.02. The Morgan fingerprint density at radius 3 is 1.31 bits per heavy atom. The Bertz CT molecular complexity index is 1520. The lowest BCUT2D eigenvalue weighted by atomic mass is 10.2. The lowest BCUT2D eigenvalue weighted by Crippen LogP contribution is -2.31. The van der Waals surface area contributed by atoms with E-state index in [-0.39, 0.29) is 12.1 Å². The highest BCUT2D eigenvalue weighted by Gasteiger charge is 2.35. The fraction of sp³-hybridized carbons (Fsp3) is 0.0606. The minimum Gasteiger partial charge on any atom is -0.352 e. The molecule has 5 aromatic rings. The number of amides is 1. The van der Waals surface area contributed by atoms with Crippen LogP contribution in [0, 0.1) is 0 Å². The molecule has 5 aromatic carbocycles. The van der Waals surface area contributed by atoms with Gasteiger partial charge in [0.25, 0.3) is 0 Å². The molecule has 0 unspecified atom stereocenters. The van der Waals surface area contributed by atoms with Crippen LogP contribution >= 0.6 is 14.3 Å². The van der Waals surface area contributed by atoms with Crippen LogP contribution in [0.5, 0.6) is 0 Å². The molecule has 6 heteroatoms. The van der Waals surface area contributed by atoms with Gasteiger partial charge in [-0.25, -0.2) is 4.52 Å². The van der Waals surface area contributed by atoms with Gasteiger partial charge in [-0.3, -0.25) is 9.36 Å². The maximum Gasteiger partial charge on any atom is 0.246 e. The predicted octanol–water partition coefficient (Wildman–Crippen LogP) is 6.08. The van der Waals surface area contributed by atoms with Crippen molar-refractivity contribution in [1.29, 1.82) is 0 Å². The number of hydrogen-bond donors (Lipinski definition) is 1. The second kappa shape index (κ2) is 12.3. The number of carbonyl (C=O) groups is 1. The number of hydrogen-bond acceptors (Lipinski definition) is 2. The van der Waals surface area contributed by atoms with Gasteiger partial charge in [0.15, 0.2) is 0 Å². The zero-order chi connectivity index (χ0) is 27.0. The highest BCUT2D eigenvalue weighted by Crippen LogP contribution is 2.59. The van der Waals surface area contributed by atoms with E-state index in [2.05, 4.69) is 5.32 Å². The van der Waals surface area contributed by atoms with E-state index < -0.39 is 14.3 Å². The van der Waals surface area contributed by atoms with E-state index in [1.54, 1.807) is 0 Å². The van der Waals surface area contributed by atoms with Gasteiger partial charge in [-0.15, -0.1) is 0 Å². The Labute approximate surface area is 230 Å². The molecule has 0 aliphatic heterocycles. The van der Waals surface area contributed by atoms with Gasteiger partial charge in [0.1, 0.15) is 0 Å². The maximum atomic E-state index is 15.3. The zero-order valence-corrected chi connectivity index (χ0v) is 23.3. The average molecular weight is 549 g/mol. The molecule has 0 saturated carbocycles. The Morgan fingerprint density at radius 2 is 0.897 bits per heavy atom. The van der Waals surface area contributed by atoms with E-state index >= 15 is 4.57 Å². The van der Waals surface area contributed by atoms with Gasteiger partial charge in [0.05, 0.1) is 6.16 Å². The fourth-order valence-electron chi connectivity index (χ4n) is 4.60. The minimum atomic E-state index is -3.52. The molecule has 0 heterocycles. The fourth-order valence-corrected chi connectivity index (χ4v) is 12.2. The van der Waals surface area contributed by atoms with Crippen LogP contribution in [0.3, 0.4) is 0 Å². The first-order valence-corrected chi connectivity index (χ1v) is 16.4. The van der Waals surface area contributed by atoms with Gasteiger partial charge in [-0.2, -0.15) is 0 Å². The summed E-state index contributed by atoms with van der Waals surface area (Å²) in [7, 11) is -6.40. The molecule has 4 nitrogen and oxygen atoms in total. The van der Waals surface area contributed by atoms with Crippen molar-refractivity contribution in [3.05, 3.63) is 157 Å². The van der Waals surface area contributed by atoms with Crippen molar-refractivity contribution >= 4 is 41.5 Å². The third-order valence-electron chi connectivity index (χ3n) is 6.56. The maximum absolute atomic E-state index is 15.3. The number of nitrogens with one attached hydrogen (secondary N) is 1. The Balaban J connectivity index is 1.74. The van der Waals surface area contributed by atoms with Crippen molar-refractivity contribution in [1.82, 2.24) is 5.32 Å². The number of benzene rings is 5. The molecule has 5 rings (SSSR count). The largest absolute Gasteiger partial charge is 0.352 e. The van der Waals surface area contributed by atoms with Gasteiger partial charge in [-0.05, 0) is 40.4 Å². The summed E-state index contributed by atoms with van der Waals surface area (Å²) < 4.78 is 20.7. The van der Waals surface area contributed by atoms with Gasteiger partial charge in [0.2, 0.25) is 13.2 Å². The van der Waals surface area contributed by atoms with Gasteiger partial charge >= 0.3 is 0 Å². The second-order valence-corrected chi connectivity index (χ2v) is 15.0. The molecular formula is C33H30N2O2P2. The molecule has 0 aliphatic rings. The summed E-state index contributed by atoms with van der Waals surface area (Å²) in [5.74, 6) is -0.128. The van der Waals surface area contributed by atoms with Crippen molar-refractivity contribution in [2.75, 3.05) is 6.16 Å². The molecule has 194 valence electrons. The molecule has 1 N–H and O–H groups in total. The number of rotatable bonds is 9. The smallest absolute Gasteiger partial charge is 0.246 e. The van der Waals surface area contributed by atoms with Crippen LogP contribution in [-0.2, 0) is 15.9 Å². The predicted molar refractivity (Wildman–Crippen MR) is 164 cm³/mol. The zero-order valence-electron chi connectivity index (χ0n) is 21.5. The van der Waals surface area contributed by atoms with E-state index in [0.29, 0.717) is 17.2 Å². The highest BCUT2D eigenvalue weighted by atomic mass is 31.2. The SMILES string of the molecule is O=C(CP(=NP(=O)(c1ccccc1)c1ccccc1)(c1ccccc1)c1ccccc1)NCc1ccccc1. The summed E-state index contributed by atoms with van der Waals surface area (Å²) in [4.78, 5) is 13.7. The topological polar surface area (TPSA) is 58.5 Å². The lowest BCUT2D eigenvalue weighted by Gasteiger charge is -2.29. The van der Waals surface area contributed by atoms with Crippen LogP contribution in [0.1, 0.15) is 5.56 Å². The van der Waals surface area contributed by atoms with Crippen LogP contribution in [0.2, 0.25) is 0 Å². The van der Waals surface area contributed by atoms with Crippen LogP contribution in [0.4, 0.5) is 0 Å². The lowest BCUT2D eigenvalue weighted by molar-refractivity contribution is -0.118. The third kappa shape index (κ3) is 6.04. The standard InChI is InChI=1S/C33H30N2O2P2/c36-33(34-26-28-16-6-1-7-17-28)27-38(29-18-8-2-9-19-29,30-20-10-3-11-21-30)35-39(37,31-22-12-4-13-23-31)32-24-14-5-15-25-32/h1-25H,26-27H2,(H,34,36). The van der Waals surface area contributed by atoms with Crippen molar-refractivity contribution in [3.8, 4) is 0 Å². The van der Waals surface area contributed by atoms with E-state index in [1.165, 1.54) is 0 Å². The molecule has 0 saturated heterocycles. The van der Waals surface area contributed by atoms with Gasteiger partial charge in [-0.1, -0.05) is 127 Å². The normalized spacial score (nSPS) is 11.5. The summed E-state index contributed by atoms with van der Waals surface area (Å²) >= 11 is 0. The molecule has 0 atom stereocenters. The Kier molecular flexibility index (Phi) is 8.37. The minimum absolute atomic E-state index is 0.109. The van der Waals surface area contributed by atoms with E-state index in [0.717, 1.165) is 16.2 Å². The molecule has 0 aromatic heterocycles. The summed E-state index contributed by atoms with van der Waals surface area (Å²) in [6, 6.07) is 48.5.